The van der Waals surface area contributed by atoms with Crippen molar-refractivity contribution in [2.24, 2.45) is 0 Å². The van der Waals surface area contributed by atoms with E-state index < -0.39 is 17.7 Å². The van der Waals surface area contributed by atoms with Crippen LogP contribution in [0.3, 0.4) is 0 Å². The molecule has 2 aromatic carbocycles. The lowest BCUT2D eigenvalue weighted by Gasteiger charge is -2.25. The van der Waals surface area contributed by atoms with Gasteiger partial charge < -0.3 is 14.7 Å². The number of pyridine rings is 1. The van der Waals surface area contributed by atoms with Gasteiger partial charge in [0.05, 0.1) is 28.8 Å². The highest BCUT2D eigenvalue weighted by Crippen LogP contribution is 2.41. The van der Waals surface area contributed by atoms with Crippen LogP contribution in [0.2, 0.25) is 10.0 Å². The highest BCUT2D eigenvalue weighted by atomic mass is 35.5. The molecule has 1 aliphatic heterocycles. The third-order valence-corrected chi connectivity index (χ3v) is 6.00. The molecule has 32 heavy (non-hydrogen) atoms. The minimum Gasteiger partial charge on any atom is -0.507 e. The molecule has 2 heterocycles. The minimum atomic E-state index is -0.847. The van der Waals surface area contributed by atoms with Crippen LogP contribution >= 0.6 is 23.2 Å². The largest absolute Gasteiger partial charge is 0.507 e. The predicted octanol–water partition coefficient (Wildman–Crippen LogP) is 5.02. The first-order valence-electron chi connectivity index (χ1n) is 9.67. The summed E-state index contributed by atoms with van der Waals surface area (Å²) in [5.41, 5.74) is 1.71. The fourth-order valence-corrected chi connectivity index (χ4v) is 3.97. The quantitative estimate of drug-likeness (QED) is 0.323. The van der Waals surface area contributed by atoms with Crippen molar-refractivity contribution < 1.29 is 19.4 Å². The molecule has 1 atom stereocenters. The number of carbonyl (C=O) groups is 2. The van der Waals surface area contributed by atoms with Crippen LogP contribution in [0.15, 0.2) is 72.6 Å². The summed E-state index contributed by atoms with van der Waals surface area (Å²) in [7, 11) is 1.53. The van der Waals surface area contributed by atoms with Crippen molar-refractivity contribution in [3.05, 3.63) is 99.3 Å². The minimum absolute atomic E-state index is 0.0207. The van der Waals surface area contributed by atoms with E-state index >= 15 is 0 Å². The van der Waals surface area contributed by atoms with Gasteiger partial charge in [-0.05, 0) is 59.7 Å². The molecule has 8 heteroatoms. The fraction of sp³-hybridized carbons (Fsp3) is 0.125. The Morgan fingerprint density at radius 3 is 2.34 bits per heavy atom. The molecule has 0 radical (unpaired) electrons. The van der Waals surface area contributed by atoms with E-state index in [0.29, 0.717) is 21.9 Å². The molecular weight excluding hydrogens is 451 g/mol. The lowest BCUT2D eigenvalue weighted by molar-refractivity contribution is -0.140. The van der Waals surface area contributed by atoms with Crippen LogP contribution in [0.25, 0.3) is 5.76 Å². The van der Waals surface area contributed by atoms with Crippen LogP contribution in [-0.2, 0) is 16.1 Å². The van der Waals surface area contributed by atoms with Crippen molar-refractivity contribution in [3.63, 3.8) is 0 Å². The number of Topliss-reactive ketones (excluding diaryl/α,β-unsaturated/α-hetero) is 1. The molecule has 0 aliphatic carbocycles. The second-order valence-electron chi connectivity index (χ2n) is 7.18. The van der Waals surface area contributed by atoms with Crippen molar-refractivity contribution in [1.82, 2.24) is 9.88 Å². The third kappa shape index (κ3) is 4.07. The van der Waals surface area contributed by atoms with Crippen molar-refractivity contribution in [2.75, 3.05) is 7.11 Å². The molecule has 1 unspecified atom stereocenters. The lowest BCUT2D eigenvalue weighted by Crippen LogP contribution is -2.29. The number of carbonyl (C=O) groups excluding carboxylic acids is 2. The maximum atomic E-state index is 13.1. The van der Waals surface area contributed by atoms with Gasteiger partial charge in [-0.15, -0.1) is 0 Å². The number of nitrogens with zero attached hydrogens (tertiary/aromatic N) is 2. The number of amides is 1. The summed E-state index contributed by atoms with van der Waals surface area (Å²) < 4.78 is 5.15. The van der Waals surface area contributed by atoms with E-state index in [9.17, 15) is 14.7 Å². The number of aliphatic hydroxyl groups is 1. The molecule has 1 amide bonds. The Labute approximate surface area is 194 Å². The van der Waals surface area contributed by atoms with Gasteiger partial charge in [0.2, 0.25) is 0 Å². The topological polar surface area (TPSA) is 79.7 Å². The van der Waals surface area contributed by atoms with E-state index in [-0.39, 0.29) is 22.9 Å². The van der Waals surface area contributed by atoms with Gasteiger partial charge in [-0.1, -0.05) is 29.3 Å². The van der Waals surface area contributed by atoms with Crippen molar-refractivity contribution in [2.45, 2.75) is 12.6 Å². The summed E-state index contributed by atoms with van der Waals surface area (Å²) in [5.74, 6) is -1.17. The number of methoxy groups -OCH3 is 1. The zero-order valence-corrected chi connectivity index (χ0v) is 18.5. The van der Waals surface area contributed by atoms with Gasteiger partial charge in [0.25, 0.3) is 11.7 Å². The van der Waals surface area contributed by atoms with Gasteiger partial charge in [-0.25, -0.2) is 0 Å². The van der Waals surface area contributed by atoms with Crippen LogP contribution < -0.4 is 4.74 Å². The van der Waals surface area contributed by atoms with E-state index in [1.54, 1.807) is 67.0 Å². The van der Waals surface area contributed by atoms with E-state index in [0.717, 1.165) is 5.56 Å². The van der Waals surface area contributed by atoms with Crippen molar-refractivity contribution in [1.29, 1.82) is 0 Å². The van der Waals surface area contributed by atoms with Gasteiger partial charge in [0, 0.05) is 24.5 Å². The molecule has 4 rings (SSSR count). The number of aliphatic hydroxyl groups excluding tert-OH is 1. The van der Waals surface area contributed by atoms with Gasteiger partial charge in [0.15, 0.2) is 0 Å². The number of hydrogen-bond donors (Lipinski definition) is 1. The summed E-state index contributed by atoms with van der Waals surface area (Å²) in [6.07, 6.45) is 3.22. The normalized spacial score (nSPS) is 17.6. The smallest absolute Gasteiger partial charge is 0.295 e. The van der Waals surface area contributed by atoms with Crippen LogP contribution in [0.5, 0.6) is 5.75 Å². The van der Waals surface area contributed by atoms with Crippen LogP contribution in [-0.4, -0.2) is 33.8 Å². The van der Waals surface area contributed by atoms with E-state index in [4.69, 9.17) is 27.9 Å². The average Bonchev–Trinajstić information content (AvgIpc) is 3.06. The van der Waals surface area contributed by atoms with E-state index in [2.05, 4.69) is 4.98 Å². The first-order valence-corrected chi connectivity index (χ1v) is 10.4. The zero-order valence-electron chi connectivity index (χ0n) is 17.0. The number of benzene rings is 2. The number of rotatable bonds is 5. The summed E-state index contributed by atoms with van der Waals surface area (Å²) >= 11 is 12.3. The molecule has 162 valence electrons. The van der Waals surface area contributed by atoms with E-state index in [1.165, 1.54) is 12.0 Å². The van der Waals surface area contributed by atoms with E-state index in [1.807, 2.05) is 0 Å². The Morgan fingerprint density at radius 1 is 1.03 bits per heavy atom. The molecule has 1 aromatic heterocycles. The number of ketones is 1. The molecule has 1 N–H and O–H groups in total. The van der Waals surface area contributed by atoms with Gasteiger partial charge in [0.1, 0.15) is 11.5 Å². The molecular formula is C24H18Cl2N2O4. The molecule has 1 saturated heterocycles. The second-order valence-corrected chi connectivity index (χ2v) is 8.00. The maximum absolute atomic E-state index is 13.1. The molecule has 0 saturated carbocycles. The molecule has 1 fully saturated rings. The Bertz CT molecular complexity index is 1210. The zero-order chi connectivity index (χ0) is 22.8. The van der Waals surface area contributed by atoms with Crippen LogP contribution in [0.4, 0.5) is 0 Å². The molecule has 1 aliphatic rings. The Kier molecular flexibility index (Phi) is 6.17. The Hall–Kier alpha value is -3.35. The van der Waals surface area contributed by atoms with Crippen LogP contribution in [0.1, 0.15) is 22.7 Å². The van der Waals surface area contributed by atoms with Gasteiger partial charge in [-0.2, -0.15) is 0 Å². The summed E-state index contributed by atoms with van der Waals surface area (Å²) in [4.78, 5) is 31.5. The van der Waals surface area contributed by atoms with Gasteiger partial charge in [-0.3, -0.25) is 14.6 Å². The third-order valence-electron chi connectivity index (χ3n) is 5.27. The summed E-state index contributed by atoms with van der Waals surface area (Å²) in [6.45, 7) is 0.150. The number of halogens is 2. The first-order chi connectivity index (χ1) is 15.4. The number of aromatic nitrogens is 1. The summed E-state index contributed by atoms with van der Waals surface area (Å²) in [5, 5.41) is 11.7. The molecule has 6 nitrogen and oxygen atoms in total. The average molecular weight is 469 g/mol. The highest BCUT2D eigenvalue weighted by Gasteiger charge is 2.46. The van der Waals surface area contributed by atoms with Gasteiger partial charge >= 0.3 is 0 Å². The highest BCUT2D eigenvalue weighted by molar-refractivity contribution is 6.46. The monoisotopic (exact) mass is 468 g/mol. The standard InChI is InChI=1S/C24H18Cl2N2O4/c1-32-17-5-2-15(3-6-17)22(29)20-21(16-4-7-18(25)19(26)12-16)28(24(31)23(20)30)13-14-8-10-27-11-9-14/h2-12,21,29H,13H2,1H3/b22-20-. The number of hydrogen-bond acceptors (Lipinski definition) is 5. The lowest BCUT2D eigenvalue weighted by atomic mass is 9.95. The second kappa shape index (κ2) is 9.02. The Balaban J connectivity index is 1.86. The SMILES string of the molecule is COc1ccc(/C(O)=C2/C(=O)C(=O)N(Cc3ccncc3)C2c2ccc(Cl)c(Cl)c2)cc1. The fourth-order valence-electron chi connectivity index (χ4n) is 3.66. The Morgan fingerprint density at radius 2 is 1.72 bits per heavy atom. The van der Waals surface area contributed by atoms with Crippen molar-refractivity contribution >= 4 is 40.7 Å². The molecule has 3 aromatic rings. The molecule has 0 bridgehead atoms. The number of ether oxygens (including phenoxy) is 1. The first kappa shape index (κ1) is 21.9. The maximum Gasteiger partial charge on any atom is 0.295 e. The predicted molar refractivity (Wildman–Crippen MR) is 122 cm³/mol. The summed E-state index contributed by atoms with van der Waals surface area (Å²) in [6, 6.07) is 14.1. The van der Waals surface area contributed by atoms with Crippen LogP contribution in [0, 0.1) is 0 Å². The van der Waals surface area contributed by atoms with Crippen molar-refractivity contribution in [3.8, 4) is 5.75 Å². The number of likely N-dealkylation sites (tertiary alicyclic amines) is 1. The molecule has 0 spiro atoms.